The van der Waals surface area contributed by atoms with Crippen LogP contribution in [0.2, 0.25) is 0 Å². The largest absolute Gasteiger partial charge is 0.337 e. The average molecular weight is 172 g/mol. The molecule has 0 aliphatic rings. The van der Waals surface area contributed by atoms with Gasteiger partial charge in [-0.05, 0) is 13.8 Å². The molecule has 0 heterocycles. The van der Waals surface area contributed by atoms with Crippen LogP contribution < -0.4 is 0 Å². The van der Waals surface area contributed by atoms with Crippen molar-refractivity contribution in [2.45, 2.75) is 19.4 Å². The van der Waals surface area contributed by atoms with Crippen molar-refractivity contribution in [3.63, 3.8) is 0 Å². The summed E-state index contributed by atoms with van der Waals surface area (Å²) in [5.41, 5.74) is -1.88. The summed E-state index contributed by atoms with van der Waals surface area (Å²) in [6.45, 7) is 0.732. The van der Waals surface area contributed by atoms with Crippen molar-refractivity contribution in [1.29, 1.82) is 0 Å². The Morgan fingerprint density at radius 3 is 2.00 bits per heavy atom. The average Bonchev–Trinajstić information content (AvgIpc) is 1.86. The number of halogens is 4. The maximum Gasteiger partial charge on any atom is 0.304 e. The fraction of sp³-hybridized carbons (Fsp3) is 0.667. The lowest BCUT2D eigenvalue weighted by molar-refractivity contribution is -0.0541. The van der Waals surface area contributed by atoms with E-state index in [2.05, 4.69) is 4.74 Å². The van der Waals surface area contributed by atoms with Gasteiger partial charge in [0.25, 0.3) is 0 Å². The first-order chi connectivity index (χ1) is 4.91. The molecule has 0 N–H and O–H groups in total. The monoisotopic (exact) mass is 172 g/mol. The molecule has 66 valence electrons. The quantitative estimate of drug-likeness (QED) is 0.595. The van der Waals surface area contributed by atoms with E-state index in [9.17, 15) is 17.6 Å². The van der Waals surface area contributed by atoms with Crippen LogP contribution >= 0.6 is 0 Å². The third kappa shape index (κ3) is 2.88. The van der Waals surface area contributed by atoms with Crippen LogP contribution in [0.15, 0.2) is 11.9 Å². The lowest BCUT2D eigenvalue weighted by Gasteiger charge is -2.19. The Bertz CT molecular complexity index is 160. The second-order valence-corrected chi connectivity index (χ2v) is 2.34. The third-order valence-electron chi connectivity index (χ3n) is 1.11. The molecular formula is C6H8F4O. The first-order valence-corrected chi connectivity index (χ1v) is 2.83. The van der Waals surface area contributed by atoms with E-state index in [1.807, 2.05) is 0 Å². The third-order valence-corrected chi connectivity index (χ3v) is 1.11. The molecule has 0 aromatic rings. The highest BCUT2D eigenvalue weighted by Gasteiger charge is 2.29. The highest BCUT2D eigenvalue weighted by Crippen LogP contribution is 2.26. The van der Waals surface area contributed by atoms with Gasteiger partial charge in [0.15, 0.2) is 12.7 Å². The molecule has 0 aliphatic carbocycles. The molecule has 0 aromatic carbocycles. The number of ether oxygens (including phenoxy) is 1. The van der Waals surface area contributed by atoms with E-state index in [-0.39, 0.29) is 0 Å². The minimum Gasteiger partial charge on any atom is -0.337 e. The van der Waals surface area contributed by atoms with Crippen LogP contribution in [0.5, 0.6) is 0 Å². The first kappa shape index (κ1) is 10.4. The Labute approximate surface area is 61.7 Å². The first-order valence-electron chi connectivity index (χ1n) is 2.83. The van der Waals surface area contributed by atoms with Crippen LogP contribution in [0.1, 0.15) is 13.8 Å². The van der Waals surface area contributed by atoms with Crippen molar-refractivity contribution in [2.75, 3.05) is 6.86 Å². The number of hydrogen-bond acceptors (Lipinski definition) is 1. The fourth-order valence-corrected chi connectivity index (χ4v) is 0.427. The molecule has 0 radical (unpaired) electrons. The smallest absolute Gasteiger partial charge is 0.304 e. The molecule has 0 saturated heterocycles. The zero-order valence-electron chi connectivity index (χ0n) is 6.13. The minimum atomic E-state index is -2.48. The maximum atomic E-state index is 12.3. The summed E-state index contributed by atoms with van der Waals surface area (Å²) >= 11 is 0. The van der Waals surface area contributed by atoms with Crippen LogP contribution in [0, 0.1) is 0 Å². The minimum absolute atomic E-state index is 1.01. The fourth-order valence-electron chi connectivity index (χ4n) is 0.427. The van der Waals surface area contributed by atoms with Gasteiger partial charge in [0, 0.05) is 0 Å². The van der Waals surface area contributed by atoms with Gasteiger partial charge < -0.3 is 4.74 Å². The molecule has 0 aromatic heterocycles. The second kappa shape index (κ2) is 3.71. The van der Waals surface area contributed by atoms with E-state index in [4.69, 9.17) is 0 Å². The van der Waals surface area contributed by atoms with E-state index >= 15 is 0 Å². The highest BCUT2D eigenvalue weighted by atomic mass is 19.3. The van der Waals surface area contributed by atoms with E-state index < -0.39 is 24.4 Å². The molecular weight excluding hydrogens is 164 g/mol. The van der Waals surface area contributed by atoms with Crippen LogP contribution in [-0.4, -0.2) is 12.5 Å². The number of rotatable bonds is 3. The van der Waals surface area contributed by atoms with Crippen molar-refractivity contribution in [3.05, 3.63) is 11.9 Å². The Kier molecular flexibility index (Phi) is 3.51. The zero-order valence-corrected chi connectivity index (χ0v) is 6.13. The van der Waals surface area contributed by atoms with Gasteiger partial charge in [0.1, 0.15) is 5.60 Å². The molecule has 0 amide bonds. The lowest BCUT2D eigenvalue weighted by Crippen LogP contribution is -2.25. The summed E-state index contributed by atoms with van der Waals surface area (Å²) in [6, 6.07) is 0. The molecule has 11 heavy (non-hydrogen) atoms. The van der Waals surface area contributed by atoms with Gasteiger partial charge in [-0.2, -0.15) is 8.78 Å². The molecule has 1 nitrogen and oxygen atoms in total. The van der Waals surface area contributed by atoms with Crippen LogP contribution in [0.25, 0.3) is 0 Å². The SMILES string of the molecule is CC(C)(OCF)C(F)=C(F)F. The predicted octanol–water partition coefficient (Wildman–Crippen LogP) is 2.79. The van der Waals surface area contributed by atoms with E-state index in [1.54, 1.807) is 0 Å². The summed E-state index contributed by atoms with van der Waals surface area (Å²) in [5, 5.41) is 0. The Hall–Kier alpha value is -0.580. The molecule has 0 fully saturated rings. The molecule has 0 rings (SSSR count). The van der Waals surface area contributed by atoms with E-state index in [1.165, 1.54) is 0 Å². The van der Waals surface area contributed by atoms with Crippen LogP contribution in [-0.2, 0) is 4.74 Å². The molecule has 0 bridgehead atoms. The molecule has 5 heteroatoms. The standard InChI is InChI=1S/C6H8F4O/c1-6(2,11-3-7)4(8)5(9)10/h3H2,1-2H3. The zero-order chi connectivity index (χ0) is 9.07. The van der Waals surface area contributed by atoms with Gasteiger partial charge >= 0.3 is 6.08 Å². The van der Waals surface area contributed by atoms with Crippen LogP contribution in [0.4, 0.5) is 17.6 Å². The van der Waals surface area contributed by atoms with Crippen molar-refractivity contribution in [3.8, 4) is 0 Å². The number of hydrogen-bond donors (Lipinski definition) is 0. The normalized spacial score (nSPS) is 11.5. The second-order valence-electron chi connectivity index (χ2n) is 2.34. The molecule has 0 atom stereocenters. The van der Waals surface area contributed by atoms with Gasteiger partial charge in [0.2, 0.25) is 0 Å². The summed E-state index contributed by atoms with van der Waals surface area (Å²) in [6.07, 6.45) is -2.48. The maximum absolute atomic E-state index is 12.3. The van der Waals surface area contributed by atoms with Gasteiger partial charge in [0.05, 0.1) is 0 Å². The summed E-state index contributed by atoms with van der Waals surface area (Å²) in [7, 11) is 0. The Morgan fingerprint density at radius 1 is 1.27 bits per heavy atom. The van der Waals surface area contributed by atoms with Gasteiger partial charge in [-0.3, -0.25) is 0 Å². The van der Waals surface area contributed by atoms with Crippen LogP contribution in [0.3, 0.4) is 0 Å². The lowest BCUT2D eigenvalue weighted by atomic mass is 10.1. The molecule has 0 unspecified atom stereocenters. The van der Waals surface area contributed by atoms with Crippen molar-refractivity contribution in [2.24, 2.45) is 0 Å². The summed E-state index contributed by atoms with van der Waals surface area (Å²) in [4.78, 5) is 0. The summed E-state index contributed by atoms with van der Waals surface area (Å²) < 4.78 is 51.0. The Balaban J connectivity index is 4.42. The highest BCUT2D eigenvalue weighted by molar-refractivity contribution is 5.06. The van der Waals surface area contributed by atoms with Gasteiger partial charge in [-0.1, -0.05) is 0 Å². The number of alkyl halides is 1. The molecule has 0 aliphatic heterocycles. The molecule has 0 saturated carbocycles. The van der Waals surface area contributed by atoms with Crippen molar-refractivity contribution >= 4 is 0 Å². The predicted molar refractivity (Wildman–Crippen MR) is 31.5 cm³/mol. The van der Waals surface area contributed by atoms with E-state index in [0.717, 1.165) is 13.8 Å². The van der Waals surface area contributed by atoms with Gasteiger partial charge in [-0.25, -0.2) is 8.78 Å². The van der Waals surface area contributed by atoms with Crippen molar-refractivity contribution in [1.82, 2.24) is 0 Å². The van der Waals surface area contributed by atoms with Gasteiger partial charge in [-0.15, -0.1) is 0 Å². The Morgan fingerprint density at radius 2 is 1.73 bits per heavy atom. The summed E-state index contributed by atoms with van der Waals surface area (Å²) in [5.74, 6) is -1.74. The van der Waals surface area contributed by atoms with E-state index in [0.29, 0.717) is 0 Å². The van der Waals surface area contributed by atoms with Crippen molar-refractivity contribution < 1.29 is 22.3 Å². The topological polar surface area (TPSA) is 9.23 Å². The molecule has 0 spiro atoms.